The molecular formula is C14H13F3N4O3. The molecule has 0 unspecified atom stereocenters. The lowest BCUT2D eigenvalue weighted by Gasteiger charge is -2.07. The maximum Gasteiger partial charge on any atom is 0.435 e. The number of nitrogens with zero attached hydrogens (tertiary/aromatic N) is 3. The minimum absolute atomic E-state index is 0.0633. The molecule has 2 rings (SSSR count). The number of hydrogen-bond acceptors (Lipinski definition) is 4. The summed E-state index contributed by atoms with van der Waals surface area (Å²) in [4.78, 5) is 22.1. The predicted molar refractivity (Wildman–Crippen MR) is 77.4 cm³/mol. The SMILES string of the molecule is Cc1cc(C(=O)NCCn2ccc(C(F)(F)F)n2)ccc1[N+](=O)[O-]. The van der Waals surface area contributed by atoms with Crippen LogP contribution < -0.4 is 5.32 Å². The van der Waals surface area contributed by atoms with Crippen LogP contribution in [0.15, 0.2) is 30.5 Å². The van der Waals surface area contributed by atoms with E-state index in [0.717, 1.165) is 10.7 Å². The van der Waals surface area contributed by atoms with Gasteiger partial charge in [0.2, 0.25) is 0 Å². The van der Waals surface area contributed by atoms with E-state index in [1.807, 2.05) is 0 Å². The Morgan fingerprint density at radius 3 is 2.62 bits per heavy atom. The summed E-state index contributed by atoms with van der Waals surface area (Å²) in [6.07, 6.45) is -3.34. The molecule has 0 spiro atoms. The number of nitrogens with one attached hydrogen (secondary N) is 1. The summed E-state index contributed by atoms with van der Waals surface area (Å²) < 4.78 is 38.3. The molecule has 1 aromatic carbocycles. The zero-order chi connectivity index (χ0) is 17.9. The van der Waals surface area contributed by atoms with Gasteiger partial charge in [0.1, 0.15) is 0 Å². The summed E-state index contributed by atoms with van der Waals surface area (Å²) in [7, 11) is 0. The first-order chi connectivity index (χ1) is 11.2. The highest BCUT2D eigenvalue weighted by Gasteiger charge is 2.33. The molecule has 0 aliphatic carbocycles. The first-order valence-electron chi connectivity index (χ1n) is 6.82. The molecule has 24 heavy (non-hydrogen) atoms. The summed E-state index contributed by atoms with van der Waals surface area (Å²) in [5.74, 6) is -0.476. The van der Waals surface area contributed by atoms with Crippen LogP contribution in [-0.4, -0.2) is 27.2 Å². The lowest BCUT2D eigenvalue weighted by atomic mass is 10.1. The van der Waals surface area contributed by atoms with E-state index < -0.39 is 22.7 Å². The highest BCUT2D eigenvalue weighted by atomic mass is 19.4. The first-order valence-corrected chi connectivity index (χ1v) is 6.82. The van der Waals surface area contributed by atoms with E-state index in [1.54, 1.807) is 0 Å². The molecule has 10 heteroatoms. The van der Waals surface area contributed by atoms with E-state index in [2.05, 4.69) is 10.4 Å². The van der Waals surface area contributed by atoms with Crippen molar-refractivity contribution in [1.29, 1.82) is 0 Å². The summed E-state index contributed by atoms with van der Waals surface area (Å²) in [6, 6.07) is 4.77. The van der Waals surface area contributed by atoms with Crippen molar-refractivity contribution < 1.29 is 22.9 Å². The minimum Gasteiger partial charge on any atom is -0.350 e. The van der Waals surface area contributed by atoms with E-state index in [4.69, 9.17) is 0 Å². The van der Waals surface area contributed by atoms with Gasteiger partial charge in [0, 0.05) is 29.9 Å². The van der Waals surface area contributed by atoms with Crippen molar-refractivity contribution in [1.82, 2.24) is 15.1 Å². The van der Waals surface area contributed by atoms with Gasteiger partial charge in [-0.25, -0.2) is 0 Å². The van der Waals surface area contributed by atoms with Gasteiger partial charge in [0.15, 0.2) is 5.69 Å². The molecule has 0 saturated heterocycles. The first kappa shape index (κ1) is 17.4. The number of nitro groups is 1. The van der Waals surface area contributed by atoms with Crippen molar-refractivity contribution in [3.63, 3.8) is 0 Å². The van der Waals surface area contributed by atoms with Crippen molar-refractivity contribution >= 4 is 11.6 Å². The number of carbonyl (C=O) groups excluding carboxylic acids is 1. The molecule has 1 aromatic heterocycles. The van der Waals surface area contributed by atoms with Crippen molar-refractivity contribution in [2.75, 3.05) is 6.54 Å². The number of halogens is 3. The van der Waals surface area contributed by atoms with Gasteiger partial charge in [0.25, 0.3) is 11.6 Å². The van der Waals surface area contributed by atoms with E-state index in [1.165, 1.54) is 31.3 Å². The second-order valence-corrected chi connectivity index (χ2v) is 4.98. The van der Waals surface area contributed by atoms with Crippen LogP contribution in [0.2, 0.25) is 0 Å². The summed E-state index contributed by atoms with van der Waals surface area (Å²) in [5, 5.41) is 16.6. The summed E-state index contributed by atoms with van der Waals surface area (Å²) >= 11 is 0. The molecular weight excluding hydrogens is 329 g/mol. The third-order valence-corrected chi connectivity index (χ3v) is 3.21. The molecule has 1 amide bonds. The van der Waals surface area contributed by atoms with Crippen LogP contribution in [0.3, 0.4) is 0 Å². The van der Waals surface area contributed by atoms with Gasteiger partial charge in [-0.3, -0.25) is 19.6 Å². The Morgan fingerprint density at radius 2 is 2.08 bits per heavy atom. The maximum atomic E-state index is 12.4. The number of hydrogen-bond donors (Lipinski definition) is 1. The number of rotatable bonds is 5. The molecule has 0 aliphatic heterocycles. The topological polar surface area (TPSA) is 90.1 Å². The van der Waals surface area contributed by atoms with Crippen LogP contribution in [0.5, 0.6) is 0 Å². The number of benzene rings is 1. The number of aryl methyl sites for hydroxylation is 1. The summed E-state index contributed by atoms with van der Waals surface area (Å²) in [6.45, 7) is 1.64. The summed E-state index contributed by atoms with van der Waals surface area (Å²) in [5.41, 5.74) is -0.522. The van der Waals surface area contributed by atoms with Gasteiger partial charge in [0.05, 0.1) is 11.5 Å². The lowest BCUT2D eigenvalue weighted by Crippen LogP contribution is -2.27. The van der Waals surface area contributed by atoms with Gasteiger partial charge < -0.3 is 5.32 Å². The zero-order valence-corrected chi connectivity index (χ0v) is 12.5. The predicted octanol–water partition coefficient (Wildman–Crippen LogP) is 2.55. The standard InChI is InChI=1S/C14H13F3N4O3/c1-9-8-10(2-3-11(9)21(23)24)13(22)18-5-7-20-6-4-12(19-20)14(15,16)17/h2-4,6,8H,5,7H2,1H3,(H,18,22). The Bertz CT molecular complexity index is 771. The number of alkyl halides is 3. The van der Waals surface area contributed by atoms with E-state index in [-0.39, 0.29) is 24.3 Å². The van der Waals surface area contributed by atoms with Gasteiger partial charge in [-0.1, -0.05) is 0 Å². The van der Waals surface area contributed by atoms with Crippen LogP contribution in [0.25, 0.3) is 0 Å². The van der Waals surface area contributed by atoms with Crippen LogP contribution in [0, 0.1) is 17.0 Å². The van der Waals surface area contributed by atoms with Crippen LogP contribution in [0.4, 0.5) is 18.9 Å². The van der Waals surface area contributed by atoms with E-state index in [0.29, 0.717) is 5.56 Å². The highest BCUT2D eigenvalue weighted by Crippen LogP contribution is 2.27. The maximum absolute atomic E-state index is 12.4. The minimum atomic E-state index is -4.51. The van der Waals surface area contributed by atoms with Crippen molar-refractivity contribution in [3.05, 3.63) is 57.4 Å². The van der Waals surface area contributed by atoms with Crippen molar-refractivity contribution in [2.45, 2.75) is 19.6 Å². The van der Waals surface area contributed by atoms with Crippen molar-refractivity contribution in [2.24, 2.45) is 0 Å². The molecule has 0 fully saturated rings. The largest absolute Gasteiger partial charge is 0.435 e. The molecule has 2 aromatic rings. The van der Waals surface area contributed by atoms with Crippen LogP contribution in [0.1, 0.15) is 21.6 Å². The highest BCUT2D eigenvalue weighted by molar-refractivity contribution is 5.94. The average molecular weight is 342 g/mol. The average Bonchev–Trinajstić information content (AvgIpc) is 2.95. The Kier molecular flexibility index (Phi) is 4.86. The number of aromatic nitrogens is 2. The lowest BCUT2D eigenvalue weighted by molar-refractivity contribution is -0.385. The van der Waals surface area contributed by atoms with Gasteiger partial charge in [-0.15, -0.1) is 0 Å². The normalized spacial score (nSPS) is 11.3. The van der Waals surface area contributed by atoms with Gasteiger partial charge in [-0.05, 0) is 25.1 Å². The fourth-order valence-corrected chi connectivity index (χ4v) is 2.03. The monoisotopic (exact) mass is 342 g/mol. The zero-order valence-electron chi connectivity index (χ0n) is 12.5. The Hall–Kier alpha value is -2.91. The molecule has 1 heterocycles. The van der Waals surface area contributed by atoms with Crippen LogP contribution in [-0.2, 0) is 12.7 Å². The molecule has 0 saturated carbocycles. The number of nitro benzene ring substituents is 1. The molecule has 0 radical (unpaired) electrons. The fourth-order valence-electron chi connectivity index (χ4n) is 2.03. The smallest absolute Gasteiger partial charge is 0.350 e. The third kappa shape index (κ3) is 4.09. The Labute approximate surface area is 134 Å². The number of amides is 1. The Morgan fingerprint density at radius 1 is 1.38 bits per heavy atom. The van der Waals surface area contributed by atoms with Crippen molar-refractivity contribution in [3.8, 4) is 0 Å². The van der Waals surface area contributed by atoms with Gasteiger partial charge >= 0.3 is 6.18 Å². The van der Waals surface area contributed by atoms with Crippen LogP contribution >= 0.6 is 0 Å². The molecule has 1 N–H and O–H groups in total. The molecule has 0 atom stereocenters. The van der Waals surface area contributed by atoms with E-state index >= 15 is 0 Å². The number of carbonyl (C=O) groups is 1. The fraction of sp³-hybridized carbons (Fsp3) is 0.286. The second-order valence-electron chi connectivity index (χ2n) is 4.98. The molecule has 0 bridgehead atoms. The van der Waals surface area contributed by atoms with E-state index in [9.17, 15) is 28.1 Å². The second kappa shape index (κ2) is 6.69. The quantitative estimate of drug-likeness (QED) is 0.668. The molecule has 0 aliphatic rings. The molecule has 128 valence electrons. The van der Waals surface area contributed by atoms with Gasteiger partial charge in [-0.2, -0.15) is 18.3 Å². The molecule has 7 nitrogen and oxygen atoms in total. The Balaban J connectivity index is 1.93. The third-order valence-electron chi connectivity index (χ3n) is 3.21.